The molecule has 0 unspecified atom stereocenters. The van der Waals surface area contributed by atoms with Gasteiger partial charge in [0.1, 0.15) is 0 Å². The van der Waals surface area contributed by atoms with E-state index in [-0.39, 0.29) is 5.57 Å². The third-order valence-corrected chi connectivity index (χ3v) is 3.94. The topological polar surface area (TPSA) is 57.2 Å². The number of hydrogen-bond acceptors (Lipinski definition) is 3. The lowest BCUT2D eigenvalue weighted by Gasteiger charge is -2.09. The van der Waals surface area contributed by atoms with Crippen molar-refractivity contribution in [2.75, 3.05) is 0 Å². The van der Waals surface area contributed by atoms with E-state index < -0.39 is 17.3 Å². The van der Waals surface area contributed by atoms with E-state index in [4.69, 9.17) is 0 Å². The molecule has 0 amide bonds. The minimum Gasteiger partial charge on any atom is -0.871 e. The molecule has 1 aliphatic rings. The van der Waals surface area contributed by atoms with Gasteiger partial charge in [-0.2, -0.15) is 0 Å². The molecule has 0 saturated carbocycles. The van der Waals surface area contributed by atoms with Crippen molar-refractivity contribution in [2.24, 2.45) is 0 Å². The Hall–Kier alpha value is -2.46. The van der Waals surface area contributed by atoms with Gasteiger partial charge in [0.15, 0.2) is 11.6 Å². The van der Waals surface area contributed by atoms with Crippen molar-refractivity contribution in [3.05, 3.63) is 81.3 Å². The molecule has 2 aromatic carbocycles. The van der Waals surface area contributed by atoms with E-state index >= 15 is 0 Å². The maximum Gasteiger partial charge on any atom is 0.196 e. The summed E-state index contributed by atoms with van der Waals surface area (Å²) in [7, 11) is 0. The van der Waals surface area contributed by atoms with Crippen LogP contribution in [0.2, 0.25) is 0 Å². The Morgan fingerprint density at radius 1 is 1.00 bits per heavy atom. The van der Waals surface area contributed by atoms with Crippen molar-refractivity contribution >= 4 is 39.3 Å². The van der Waals surface area contributed by atoms with Gasteiger partial charge in [0, 0.05) is 10.0 Å². The van der Waals surface area contributed by atoms with Gasteiger partial charge in [-0.3, -0.25) is 9.59 Å². The maximum atomic E-state index is 12.2. The third kappa shape index (κ3) is 2.53. The molecule has 3 rings (SSSR count). The number of ketones is 2. The number of Topliss-reactive ketones (excluding diaryl/α,β-unsaturated/α-hetero) is 1. The zero-order chi connectivity index (χ0) is 15.7. The fourth-order valence-electron chi connectivity index (χ4n) is 2.30. The second kappa shape index (κ2) is 5.73. The largest absolute Gasteiger partial charge is 0.871 e. The van der Waals surface area contributed by atoms with Crippen molar-refractivity contribution in [1.82, 2.24) is 0 Å². The Morgan fingerprint density at radius 3 is 2.27 bits per heavy atom. The predicted octanol–water partition coefficient (Wildman–Crippen LogP) is 3.00. The highest BCUT2D eigenvalue weighted by Gasteiger charge is 2.27. The maximum absolute atomic E-state index is 12.2. The van der Waals surface area contributed by atoms with Crippen LogP contribution in [0.25, 0.3) is 11.8 Å². The zero-order valence-electron chi connectivity index (χ0n) is 11.4. The number of rotatable bonds is 3. The second-order valence-corrected chi connectivity index (χ2v) is 5.74. The van der Waals surface area contributed by atoms with E-state index in [1.807, 2.05) is 24.3 Å². The third-order valence-electron chi connectivity index (χ3n) is 3.41. The molecule has 108 valence electrons. The van der Waals surface area contributed by atoms with Gasteiger partial charge in [0.05, 0.1) is 5.57 Å². The Balaban J connectivity index is 1.89. The summed E-state index contributed by atoms with van der Waals surface area (Å²) in [6.07, 6.45) is 2.85. The molecule has 22 heavy (non-hydrogen) atoms. The van der Waals surface area contributed by atoms with Crippen molar-refractivity contribution in [1.29, 1.82) is 0 Å². The van der Waals surface area contributed by atoms with Crippen LogP contribution < -0.4 is 5.11 Å². The van der Waals surface area contributed by atoms with Gasteiger partial charge >= 0.3 is 0 Å². The normalized spacial score (nSPS) is 13.8. The van der Waals surface area contributed by atoms with Gasteiger partial charge in [-0.25, -0.2) is 0 Å². The molecular weight excluding hydrogens is 344 g/mol. The number of allylic oxidation sites excluding steroid dienone is 2. The summed E-state index contributed by atoms with van der Waals surface area (Å²) in [4.78, 5) is 24.4. The highest BCUT2D eigenvalue weighted by Crippen LogP contribution is 2.29. The summed E-state index contributed by atoms with van der Waals surface area (Å²) in [5, 5.41) is 12.2. The number of fused-ring (bicyclic) bond motifs is 1. The highest BCUT2D eigenvalue weighted by atomic mass is 79.9. The molecule has 0 spiro atoms. The van der Waals surface area contributed by atoms with E-state index in [1.165, 1.54) is 6.08 Å². The zero-order valence-corrected chi connectivity index (χ0v) is 13.0. The quantitative estimate of drug-likeness (QED) is 0.629. The second-order valence-electron chi connectivity index (χ2n) is 4.83. The first-order valence-corrected chi connectivity index (χ1v) is 7.40. The molecule has 1 aliphatic carbocycles. The molecule has 0 atom stereocenters. The Bertz CT molecular complexity index is 830. The summed E-state index contributed by atoms with van der Waals surface area (Å²) >= 11 is 3.33. The van der Waals surface area contributed by atoms with Crippen LogP contribution in [0.3, 0.4) is 0 Å². The van der Waals surface area contributed by atoms with Gasteiger partial charge in [0.25, 0.3) is 0 Å². The summed E-state index contributed by atoms with van der Waals surface area (Å²) in [5.41, 5.74) is 1.13. The fourth-order valence-corrected chi connectivity index (χ4v) is 2.57. The number of carbonyl (C=O) groups is 2. The number of hydrogen-bond donors (Lipinski definition) is 0. The van der Waals surface area contributed by atoms with Crippen molar-refractivity contribution < 1.29 is 14.7 Å². The first-order chi connectivity index (χ1) is 10.6. The van der Waals surface area contributed by atoms with Crippen molar-refractivity contribution in [3.8, 4) is 0 Å². The van der Waals surface area contributed by atoms with Crippen LogP contribution in [-0.4, -0.2) is 11.6 Å². The van der Waals surface area contributed by atoms with E-state index in [1.54, 1.807) is 30.3 Å². The average Bonchev–Trinajstić information content (AvgIpc) is 2.79. The smallest absolute Gasteiger partial charge is 0.196 e. The first-order valence-electron chi connectivity index (χ1n) is 6.61. The van der Waals surface area contributed by atoms with Crippen LogP contribution in [0.1, 0.15) is 21.5 Å². The predicted molar refractivity (Wildman–Crippen MR) is 85.9 cm³/mol. The molecule has 3 nitrogen and oxygen atoms in total. The SMILES string of the molecule is O=C(/C=C/c1ccc(Br)cc1)C1=C([O-])c2ccccc2C1=O. The number of halogens is 1. The Morgan fingerprint density at radius 2 is 1.64 bits per heavy atom. The Labute approximate surface area is 135 Å². The van der Waals surface area contributed by atoms with E-state index in [0.717, 1.165) is 10.0 Å². The fraction of sp³-hybridized carbons (Fsp3) is 0. The van der Waals surface area contributed by atoms with Crippen LogP contribution in [0.15, 0.2) is 64.7 Å². The van der Waals surface area contributed by atoms with Crippen molar-refractivity contribution in [3.63, 3.8) is 0 Å². The summed E-state index contributed by atoms with van der Waals surface area (Å²) in [6.45, 7) is 0. The lowest BCUT2D eigenvalue weighted by molar-refractivity contribution is -0.244. The van der Waals surface area contributed by atoms with Gasteiger partial charge in [0.2, 0.25) is 0 Å². The molecular formula is C18H10BrO3-. The van der Waals surface area contributed by atoms with Gasteiger partial charge in [-0.1, -0.05) is 64.2 Å². The lowest BCUT2D eigenvalue weighted by Crippen LogP contribution is -2.11. The van der Waals surface area contributed by atoms with E-state index in [0.29, 0.717) is 11.1 Å². The van der Waals surface area contributed by atoms with E-state index in [2.05, 4.69) is 15.9 Å². The average molecular weight is 354 g/mol. The van der Waals surface area contributed by atoms with Crippen LogP contribution in [-0.2, 0) is 4.79 Å². The monoisotopic (exact) mass is 353 g/mol. The van der Waals surface area contributed by atoms with Gasteiger partial charge in [-0.05, 0) is 29.3 Å². The molecule has 0 N–H and O–H groups in total. The van der Waals surface area contributed by atoms with Gasteiger partial charge < -0.3 is 5.11 Å². The number of benzene rings is 2. The molecule has 0 aliphatic heterocycles. The first kappa shape index (κ1) is 14.5. The van der Waals surface area contributed by atoms with Gasteiger partial charge in [-0.15, -0.1) is 0 Å². The van der Waals surface area contributed by atoms with Crippen LogP contribution >= 0.6 is 15.9 Å². The standard InChI is InChI=1S/C18H11BrO3/c19-12-8-5-11(6-9-12)7-10-15(20)16-17(21)13-3-1-2-4-14(13)18(16)22/h1-10,21H/p-1/b10-7+. The van der Waals surface area contributed by atoms with Crippen LogP contribution in [0.5, 0.6) is 0 Å². The molecule has 0 aromatic heterocycles. The minimum atomic E-state index is -0.561. The molecule has 0 bridgehead atoms. The Kier molecular flexibility index (Phi) is 3.77. The molecule has 0 fully saturated rings. The van der Waals surface area contributed by atoms with Crippen LogP contribution in [0.4, 0.5) is 0 Å². The molecule has 2 aromatic rings. The van der Waals surface area contributed by atoms with E-state index in [9.17, 15) is 14.7 Å². The summed E-state index contributed by atoms with van der Waals surface area (Å²) in [5.74, 6) is -1.55. The summed E-state index contributed by atoms with van der Waals surface area (Å²) < 4.78 is 0.932. The summed E-state index contributed by atoms with van der Waals surface area (Å²) in [6, 6.07) is 13.8. The molecule has 0 radical (unpaired) electrons. The van der Waals surface area contributed by atoms with Crippen molar-refractivity contribution in [2.45, 2.75) is 0 Å². The minimum absolute atomic E-state index is 0.283. The highest BCUT2D eigenvalue weighted by molar-refractivity contribution is 9.10. The number of carbonyl (C=O) groups excluding carboxylic acids is 2. The molecule has 0 saturated heterocycles. The molecule has 0 heterocycles. The van der Waals surface area contributed by atoms with Crippen LogP contribution in [0, 0.1) is 0 Å². The molecule has 4 heteroatoms. The lowest BCUT2D eigenvalue weighted by atomic mass is 10.1.